The van der Waals surface area contributed by atoms with E-state index in [1.807, 2.05) is 26.0 Å². The van der Waals surface area contributed by atoms with Gasteiger partial charge in [-0.05, 0) is 53.4 Å². The van der Waals surface area contributed by atoms with Gasteiger partial charge in [0, 0.05) is 12.3 Å². The van der Waals surface area contributed by atoms with E-state index in [9.17, 15) is 9.90 Å². The summed E-state index contributed by atoms with van der Waals surface area (Å²) >= 11 is 0. The summed E-state index contributed by atoms with van der Waals surface area (Å²) < 4.78 is 0. The zero-order valence-corrected chi connectivity index (χ0v) is 18.7. The van der Waals surface area contributed by atoms with Crippen molar-refractivity contribution < 1.29 is 9.90 Å². The molecule has 5 N–H and O–H groups in total. The lowest BCUT2D eigenvalue weighted by Crippen LogP contribution is -2.30. The van der Waals surface area contributed by atoms with E-state index in [1.165, 1.54) is 11.1 Å². The lowest BCUT2D eigenvalue weighted by molar-refractivity contribution is -0.122. The molecule has 4 nitrogen and oxygen atoms in total. The number of phenolic OH excluding ortho intramolecular Hbond substituents is 1. The van der Waals surface area contributed by atoms with Gasteiger partial charge in [0.25, 0.3) is 0 Å². The zero-order chi connectivity index (χ0) is 21.4. The van der Waals surface area contributed by atoms with Crippen LogP contribution in [0.25, 0.3) is 0 Å². The molecule has 0 bridgehead atoms. The molecular formula is C23H42N2O2. The van der Waals surface area contributed by atoms with E-state index in [0.717, 1.165) is 19.3 Å². The van der Waals surface area contributed by atoms with Crippen LogP contribution in [0.15, 0.2) is 18.2 Å². The van der Waals surface area contributed by atoms with Gasteiger partial charge in [-0.1, -0.05) is 61.5 Å². The number of rotatable bonds is 6. The molecule has 4 heteroatoms. The molecule has 1 atom stereocenters. The molecule has 27 heavy (non-hydrogen) atoms. The fraction of sp³-hybridized carbons (Fsp3) is 0.696. The normalized spacial score (nSPS) is 13.1. The van der Waals surface area contributed by atoms with E-state index in [-0.39, 0.29) is 22.9 Å². The molecule has 1 aromatic carbocycles. The number of hydrogen-bond acceptors (Lipinski definition) is 4. The molecule has 0 fully saturated rings. The highest BCUT2D eigenvalue weighted by atomic mass is 16.3. The van der Waals surface area contributed by atoms with Gasteiger partial charge < -0.3 is 16.6 Å². The average molecular weight is 379 g/mol. The number of carbonyl (C=O) groups excluding carboxylic acids is 1. The summed E-state index contributed by atoms with van der Waals surface area (Å²) in [5.41, 5.74) is 13.5. The van der Waals surface area contributed by atoms with E-state index in [4.69, 9.17) is 11.5 Å². The minimum atomic E-state index is -0.228. The second kappa shape index (κ2) is 10.8. The van der Waals surface area contributed by atoms with Gasteiger partial charge in [0.15, 0.2) is 0 Å². The SMILES string of the molecule is CC(C)(C)c1ccc(O)cc1C(C)(C)C.CCC(=O)C(C)CCCC(N)N. The van der Waals surface area contributed by atoms with Crippen molar-refractivity contribution >= 4 is 5.78 Å². The number of carbonyl (C=O) groups is 1. The molecule has 0 aliphatic heterocycles. The molecule has 0 saturated carbocycles. The highest BCUT2D eigenvalue weighted by Crippen LogP contribution is 2.35. The van der Waals surface area contributed by atoms with Crippen LogP contribution in [0.5, 0.6) is 5.75 Å². The van der Waals surface area contributed by atoms with Crippen LogP contribution in [-0.4, -0.2) is 17.1 Å². The molecular weight excluding hydrogens is 336 g/mol. The molecule has 0 aliphatic rings. The Hall–Kier alpha value is -1.39. The minimum absolute atomic E-state index is 0.0708. The monoisotopic (exact) mass is 378 g/mol. The highest BCUT2D eigenvalue weighted by molar-refractivity contribution is 5.80. The third-order valence-electron chi connectivity index (χ3n) is 4.69. The van der Waals surface area contributed by atoms with E-state index in [2.05, 4.69) is 41.5 Å². The van der Waals surface area contributed by atoms with Gasteiger partial charge in [-0.15, -0.1) is 0 Å². The van der Waals surface area contributed by atoms with E-state index < -0.39 is 0 Å². The van der Waals surface area contributed by atoms with Crippen molar-refractivity contribution in [2.24, 2.45) is 17.4 Å². The Morgan fingerprint density at radius 3 is 1.93 bits per heavy atom. The summed E-state index contributed by atoms with van der Waals surface area (Å²) in [4.78, 5) is 11.1. The summed E-state index contributed by atoms with van der Waals surface area (Å²) in [6, 6.07) is 5.70. The topological polar surface area (TPSA) is 89.3 Å². The highest BCUT2D eigenvalue weighted by Gasteiger charge is 2.25. The Morgan fingerprint density at radius 2 is 1.52 bits per heavy atom. The molecule has 0 saturated heterocycles. The first-order valence-corrected chi connectivity index (χ1v) is 10.1. The number of nitrogens with two attached hydrogens (primary N) is 2. The van der Waals surface area contributed by atoms with Crippen molar-refractivity contribution in [3.63, 3.8) is 0 Å². The van der Waals surface area contributed by atoms with Crippen molar-refractivity contribution in [2.45, 2.75) is 98.1 Å². The number of ketones is 1. The second-order valence-electron chi connectivity index (χ2n) is 9.55. The van der Waals surface area contributed by atoms with Crippen LogP contribution < -0.4 is 11.5 Å². The van der Waals surface area contributed by atoms with Gasteiger partial charge in [0.05, 0.1) is 6.17 Å². The summed E-state index contributed by atoms with van der Waals surface area (Å²) in [5, 5.41) is 9.57. The maximum absolute atomic E-state index is 11.1. The molecule has 0 aromatic heterocycles. The molecule has 1 rings (SSSR count). The predicted molar refractivity (Wildman–Crippen MR) is 116 cm³/mol. The molecule has 1 unspecified atom stereocenters. The van der Waals surface area contributed by atoms with Gasteiger partial charge >= 0.3 is 0 Å². The van der Waals surface area contributed by atoms with Gasteiger partial charge in [-0.3, -0.25) is 4.79 Å². The number of hydrogen-bond donors (Lipinski definition) is 3. The lowest BCUT2D eigenvalue weighted by atomic mass is 9.75. The molecule has 0 heterocycles. The van der Waals surface area contributed by atoms with Crippen molar-refractivity contribution in [2.75, 3.05) is 0 Å². The van der Waals surface area contributed by atoms with Gasteiger partial charge in [0.1, 0.15) is 11.5 Å². The average Bonchev–Trinajstić information content (AvgIpc) is 2.52. The van der Waals surface area contributed by atoms with Gasteiger partial charge in [-0.2, -0.15) is 0 Å². The first-order chi connectivity index (χ1) is 12.2. The summed E-state index contributed by atoms with van der Waals surface area (Å²) in [6.07, 6.45) is 3.08. The van der Waals surface area contributed by atoms with Crippen molar-refractivity contribution in [3.8, 4) is 5.75 Å². The fourth-order valence-electron chi connectivity index (χ4n) is 2.98. The van der Waals surface area contributed by atoms with Gasteiger partial charge in [-0.25, -0.2) is 0 Å². The molecule has 1 aromatic rings. The first-order valence-electron chi connectivity index (χ1n) is 10.1. The standard InChI is InChI=1S/C14H22O.C9H20N2O/c1-13(2,3)11-8-7-10(15)9-12(11)14(4,5)6;1-3-8(12)7(2)5-4-6-9(10)11/h7-9,15H,1-6H3;7,9H,3-6,10-11H2,1-2H3. The van der Waals surface area contributed by atoms with Crippen molar-refractivity contribution in [1.82, 2.24) is 0 Å². The Bertz CT molecular complexity index is 581. The molecule has 0 spiro atoms. The molecule has 0 amide bonds. The Kier molecular flexibility index (Phi) is 10.3. The third kappa shape index (κ3) is 9.92. The van der Waals surface area contributed by atoms with E-state index in [1.54, 1.807) is 6.07 Å². The Morgan fingerprint density at radius 1 is 1.00 bits per heavy atom. The van der Waals surface area contributed by atoms with Crippen LogP contribution in [0, 0.1) is 5.92 Å². The maximum atomic E-state index is 11.1. The minimum Gasteiger partial charge on any atom is -0.508 e. The van der Waals surface area contributed by atoms with Crippen LogP contribution >= 0.6 is 0 Å². The third-order valence-corrected chi connectivity index (χ3v) is 4.69. The second-order valence-corrected chi connectivity index (χ2v) is 9.55. The first kappa shape index (κ1) is 25.6. The summed E-state index contributed by atoms with van der Waals surface area (Å²) in [7, 11) is 0. The zero-order valence-electron chi connectivity index (χ0n) is 18.7. The van der Waals surface area contributed by atoms with Gasteiger partial charge in [0.2, 0.25) is 0 Å². The number of phenols is 1. The Balaban J connectivity index is 0.000000516. The van der Waals surface area contributed by atoms with Crippen LogP contribution in [0.3, 0.4) is 0 Å². The number of Topliss-reactive ketones (excluding diaryl/α,β-unsaturated/α-hetero) is 1. The van der Waals surface area contributed by atoms with E-state index in [0.29, 0.717) is 18.0 Å². The van der Waals surface area contributed by atoms with E-state index >= 15 is 0 Å². The Labute approximate surface area is 166 Å². The predicted octanol–water partition coefficient (Wildman–Crippen LogP) is 5.00. The quantitative estimate of drug-likeness (QED) is 0.607. The molecule has 0 radical (unpaired) electrons. The smallest absolute Gasteiger partial charge is 0.135 e. The molecule has 0 aliphatic carbocycles. The summed E-state index contributed by atoms with van der Waals surface area (Å²) in [6.45, 7) is 17.0. The van der Waals surface area contributed by atoms with Crippen molar-refractivity contribution in [1.29, 1.82) is 0 Å². The number of benzene rings is 1. The van der Waals surface area contributed by atoms with Crippen molar-refractivity contribution in [3.05, 3.63) is 29.3 Å². The summed E-state index contributed by atoms with van der Waals surface area (Å²) in [5.74, 6) is 0.863. The molecule has 156 valence electrons. The van der Waals surface area contributed by atoms with Crippen LogP contribution in [-0.2, 0) is 15.6 Å². The lowest BCUT2D eigenvalue weighted by Gasteiger charge is -2.30. The fourth-order valence-corrected chi connectivity index (χ4v) is 2.98. The van der Waals surface area contributed by atoms with Crippen LogP contribution in [0.1, 0.15) is 92.2 Å². The number of aromatic hydroxyl groups is 1. The largest absolute Gasteiger partial charge is 0.508 e. The van der Waals surface area contributed by atoms with Crippen LogP contribution in [0.4, 0.5) is 0 Å². The maximum Gasteiger partial charge on any atom is 0.135 e. The van der Waals surface area contributed by atoms with Crippen LogP contribution in [0.2, 0.25) is 0 Å².